The lowest BCUT2D eigenvalue weighted by atomic mass is 10.1. The summed E-state index contributed by atoms with van der Waals surface area (Å²) in [4.78, 5) is 24.2. The van der Waals surface area contributed by atoms with Gasteiger partial charge in [-0.25, -0.2) is 0 Å². The molecule has 2 amide bonds. The molecular weight excluding hydrogens is 502 g/mol. The van der Waals surface area contributed by atoms with Crippen LogP contribution < -0.4 is 14.8 Å². The van der Waals surface area contributed by atoms with Gasteiger partial charge in [-0.3, -0.25) is 14.9 Å². The Bertz CT molecular complexity index is 1190. The van der Waals surface area contributed by atoms with Crippen molar-refractivity contribution in [2.75, 3.05) is 12.4 Å². The normalized spacial score (nSPS) is 15.2. The first kappa shape index (κ1) is 25.5. The van der Waals surface area contributed by atoms with E-state index in [0.29, 0.717) is 11.6 Å². The van der Waals surface area contributed by atoms with Gasteiger partial charge in [0.2, 0.25) is 5.91 Å². The quantitative estimate of drug-likeness (QED) is 0.204. The van der Waals surface area contributed by atoms with E-state index in [0.717, 1.165) is 70.0 Å². The minimum absolute atomic E-state index is 0.296. The molecule has 1 aliphatic rings. The summed E-state index contributed by atoms with van der Waals surface area (Å²) < 4.78 is 12.1. The SMILES string of the molecule is CCCc1cc(Oc2ccccc2)ccc1OCCCSc1ccc(C2SC(=O)NC2=O)cc1Cl. The van der Waals surface area contributed by atoms with Crippen molar-refractivity contribution in [2.45, 2.75) is 36.3 Å². The molecule has 1 heterocycles. The summed E-state index contributed by atoms with van der Waals surface area (Å²) >= 11 is 9.07. The molecule has 3 aromatic rings. The number of rotatable bonds is 11. The number of aryl methyl sites for hydroxylation is 1. The lowest BCUT2D eigenvalue weighted by Gasteiger charge is -2.14. The van der Waals surface area contributed by atoms with Gasteiger partial charge >= 0.3 is 0 Å². The van der Waals surface area contributed by atoms with Gasteiger partial charge < -0.3 is 9.47 Å². The number of imide groups is 1. The molecule has 0 bridgehead atoms. The Morgan fingerprint density at radius 1 is 1.03 bits per heavy atom. The van der Waals surface area contributed by atoms with Crippen molar-refractivity contribution in [2.24, 2.45) is 0 Å². The first-order valence-electron chi connectivity index (χ1n) is 11.5. The third-order valence-corrected chi connectivity index (χ3v) is 7.90. The highest BCUT2D eigenvalue weighted by Gasteiger charge is 2.33. The molecule has 1 atom stereocenters. The molecule has 3 aromatic carbocycles. The second kappa shape index (κ2) is 12.4. The molecule has 1 unspecified atom stereocenters. The number of hydrogen-bond donors (Lipinski definition) is 1. The fourth-order valence-electron chi connectivity index (χ4n) is 3.65. The van der Waals surface area contributed by atoms with Crippen LogP contribution in [0.3, 0.4) is 0 Å². The van der Waals surface area contributed by atoms with E-state index in [1.165, 1.54) is 0 Å². The molecule has 182 valence electrons. The van der Waals surface area contributed by atoms with E-state index in [4.69, 9.17) is 21.1 Å². The van der Waals surface area contributed by atoms with Crippen LogP contribution in [0, 0.1) is 0 Å². The lowest BCUT2D eigenvalue weighted by molar-refractivity contribution is -0.119. The van der Waals surface area contributed by atoms with Gasteiger partial charge in [-0.1, -0.05) is 49.2 Å². The van der Waals surface area contributed by atoms with Gasteiger partial charge in [0, 0.05) is 10.6 Å². The van der Waals surface area contributed by atoms with Crippen LogP contribution in [0.2, 0.25) is 5.02 Å². The van der Waals surface area contributed by atoms with Crippen LogP contribution in [-0.2, 0) is 11.2 Å². The molecule has 5 nitrogen and oxygen atoms in total. The topological polar surface area (TPSA) is 64.6 Å². The highest BCUT2D eigenvalue weighted by molar-refractivity contribution is 8.15. The number of benzene rings is 3. The third-order valence-electron chi connectivity index (χ3n) is 5.28. The number of carbonyl (C=O) groups is 2. The number of ether oxygens (including phenoxy) is 2. The Balaban J connectivity index is 1.27. The second-order valence-electron chi connectivity index (χ2n) is 7.95. The van der Waals surface area contributed by atoms with Crippen LogP contribution in [0.25, 0.3) is 0 Å². The fraction of sp³-hybridized carbons (Fsp3) is 0.259. The minimum Gasteiger partial charge on any atom is -0.493 e. The highest BCUT2D eigenvalue weighted by Crippen LogP contribution is 2.38. The molecule has 35 heavy (non-hydrogen) atoms. The van der Waals surface area contributed by atoms with Crippen LogP contribution >= 0.6 is 35.1 Å². The minimum atomic E-state index is -0.533. The number of halogens is 1. The van der Waals surface area contributed by atoms with Gasteiger partial charge in [0.25, 0.3) is 5.24 Å². The summed E-state index contributed by atoms with van der Waals surface area (Å²) in [6, 6.07) is 21.3. The van der Waals surface area contributed by atoms with Crippen molar-refractivity contribution in [3.8, 4) is 17.2 Å². The van der Waals surface area contributed by atoms with Gasteiger partial charge in [-0.2, -0.15) is 0 Å². The molecule has 1 aliphatic heterocycles. The molecule has 1 fully saturated rings. The lowest BCUT2D eigenvalue weighted by Crippen LogP contribution is -2.20. The number of hydrogen-bond acceptors (Lipinski definition) is 6. The highest BCUT2D eigenvalue weighted by atomic mass is 35.5. The molecule has 8 heteroatoms. The van der Waals surface area contributed by atoms with E-state index in [2.05, 4.69) is 18.3 Å². The van der Waals surface area contributed by atoms with Gasteiger partial charge in [-0.05, 0) is 78.2 Å². The van der Waals surface area contributed by atoms with E-state index >= 15 is 0 Å². The summed E-state index contributed by atoms with van der Waals surface area (Å²) in [5.41, 5.74) is 1.87. The Morgan fingerprint density at radius 3 is 2.57 bits per heavy atom. The zero-order valence-corrected chi connectivity index (χ0v) is 21.7. The van der Waals surface area contributed by atoms with Crippen molar-refractivity contribution in [1.82, 2.24) is 5.32 Å². The molecule has 4 rings (SSSR count). The molecular formula is C27H26ClNO4S2. The van der Waals surface area contributed by atoms with Gasteiger partial charge in [0.15, 0.2) is 0 Å². The summed E-state index contributed by atoms with van der Waals surface area (Å²) in [7, 11) is 0. The summed E-state index contributed by atoms with van der Waals surface area (Å²) in [6.07, 6.45) is 2.79. The average Bonchev–Trinajstić information content (AvgIpc) is 3.19. The van der Waals surface area contributed by atoms with Crippen molar-refractivity contribution < 1.29 is 19.1 Å². The monoisotopic (exact) mass is 527 g/mol. The predicted molar refractivity (Wildman–Crippen MR) is 143 cm³/mol. The van der Waals surface area contributed by atoms with E-state index in [-0.39, 0.29) is 11.1 Å². The zero-order valence-electron chi connectivity index (χ0n) is 19.3. The number of nitrogens with one attached hydrogen (secondary N) is 1. The Hall–Kier alpha value is -2.61. The molecule has 0 aliphatic carbocycles. The molecule has 0 aromatic heterocycles. The number of para-hydroxylation sites is 1. The van der Waals surface area contributed by atoms with Crippen LogP contribution in [0.4, 0.5) is 4.79 Å². The van der Waals surface area contributed by atoms with Crippen LogP contribution in [0.1, 0.15) is 36.1 Å². The summed E-state index contributed by atoms with van der Waals surface area (Å²) in [5.74, 6) is 3.05. The molecule has 0 spiro atoms. The number of thioether (sulfide) groups is 2. The summed E-state index contributed by atoms with van der Waals surface area (Å²) in [6.45, 7) is 2.75. The Labute approximate surface area is 218 Å². The number of amides is 2. The van der Waals surface area contributed by atoms with E-state index < -0.39 is 5.25 Å². The van der Waals surface area contributed by atoms with Crippen molar-refractivity contribution in [3.05, 3.63) is 82.9 Å². The van der Waals surface area contributed by atoms with Crippen molar-refractivity contribution in [1.29, 1.82) is 0 Å². The first-order valence-corrected chi connectivity index (χ1v) is 13.7. The van der Waals surface area contributed by atoms with Crippen LogP contribution in [0.5, 0.6) is 17.2 Å². The predicted octanol–water partition coefficient (Wildman–Crippen LogP) is 7.67. The maximum atomic E-state index is 11.9. The van der Waals surface area contributed by atoms with Gasteiger partial charge in [0.05, 0.1) is 11.6 Å². The maximum absolute atomic E-state index is 11.9. The maximum Gasteiger partial charge on any atom is 0.286 e. The van der Waals surface area contributed by atoms with Gasteiger partial charge in [-0.15, -0.1) is 11.8 Å². The van der Waals surface area contributed by atoms with E-state index in [9.17, 15) is 9.59 Å². The Morgan fingerprint density at radius 2 is 1.86 bits per heavy atom. The second-order valence-corrected chi connectivity index (χ2v) is 10.6. The third kappa shape index (κ3) is 6.97. The molecule has 0 saturated carbocycles. The molecule has 1 saturated heterocycles. The molecule has 0 radical (unpaired) electrons. The first-order chi connectivity index (χ1) is 17.0. The summed E-state index contributed by atoms with van der Waals surface area (Å²) in [5, 5.41) is 2.03. The average molecular weight is 528 g/mol. The zero-order chi connectivity index (χ0) is 24.6. The van der Waals surface area contributed by atoms with Crippen molar-refractivity contribution in [3.63, 3.8) is 0 Å². The number of carbonyl (C=O) groups excluding carboxylic acids is 2. The molecule has 1 N–H and O–H groups in total. The largest absolute Gasteiger partial charge is 0.493 e. The smallest absolute Gasteiger partial charge is 0.286 e. The van der Waals surface area contributed by atoms with Crippen molar-refractivity contribution >= 4 is 46.3 Å². The fourth-order valence-corrected chi connectivity index (χ4v) is 5.66. The van der Waals surface area contributed by atoms with Crippen LogP contribution in [0.15, 0.2) is 71.6 Å². The van der Waals surface area contributed by atoms with Gasteiger partial charge in [0.1, 0.15) is 22.5 Å². The van der Waals surface area contributed by atoms with Crippen LogP contribution in [-0.4, -0.2) is 23.5 Å². The standard InChI is InChI=1S/C27H26ClNO4S2/c1-2-7-18-16-21(33-20-8-4-3-5-9-20)11-12-23(18)32-14-6-15-34-24-13-10-19(17-22(24)28)25-26(30)29-27(31)35-25/h3-5,8-13,16-17,25H,2,6-7,14-15H2,1H3,(H,29,30,31). The van der Waals surface area contributed by atoms with E-state index in [1.54, 1.807) is 17.8 Å². The Kier molecular flexibility index (Phi) is 9.01. The van der Waals surface area contributed by atoms with E-state index in [1.807, 2.05) is 54.6 Å².